The van der Waals surface area contributed by atoms with Gasteiger partial charge in [-0.1, -0.05) is 48.9 Å². The molecule has 0 aliphatic carbocycles. The van der Waals surface area contributed by atoms with Crippen LogP contribution in [0.4, 0.5) is 17.3 Å². The van der Waals surface area contributed by atoms with Crippen LogP contribution in [0, 0.1) is 0 Å². The van der Waals surface area contributed by atoms with Crippen molar-refractivity contribution >= 4 is 28.9 Å². The van der Waals surface area contributed by atoms with Crippen LogP contribution in [0.2, 0.25) is 5.02 Å². The fraction of sp³-hybridized carbons (Fsp3) is 0.200. The highest BCUT2D eigenvalue weighted by Gasteiger charge is 2.08. The lowest BCUT2D eigenvalue weighted by Crippen LogP contribution is -2.05. The van der Waals surface area contributed by atoms with E-state index in [0.29, 0.717) is 22.4 Å². The Morgan fingerprint density at radius 1 is 1.00 bits per heavy atom. The Balaban J connectivity index is 1.93. The van der Waals surface area contributed by atoms with Gasteiger partial charge >= 0.3 is 0 Å². The van der Waals surface area contributed by atoms with Crippen molar-refractivity contribution in [2.45, 2.75) is 13.3 Å². The molecule has 2 N–H and O–H groups in total. The summed E-state index contributed by atoms with van der Waals surface area (Å²) in [6.07, 6.45) is 1.02. The molecule has 1 heterocycles. The molecular formula is C20H21ClN4O. The SMILES string of the molecule is CCCNc1cc(Nc2ccc(OC)c(Cl)c2)nc(-c2ccccc2)n1. The van der Waals surface area contributed by atoms with Gasteiger partial charge in [0, 0.05) is 23.9 Å². The van der Waals surface area contributed by atoms with Crippen LogP contribution < -0.4 is 15.4 Å². The largest absolute Gasteiger partial charge is 0.495 e. The van der Waals surface area contributed by atoms with Crippen molar-refractivity contribution in [1.82, 2.24) is 9.97 Å². The third-order valence-electron chi connectivity index (χ3n) is 3.74. The predicted octanol–water partition coefficient (Wildman–Crippen LogP) is 5.37. The summed E-state index contributed by atoms with van der Waals surface area (Å²) in [5.74, 6) is 2.77. The molecule has 0 amide bonds. The first-order valence-electron chi connectivity index (χ1n) is 8.48. The number of aromatic nitrogens is 2. The van der Waals surface area contributed by atoms with E-state index in [1.807, 2.05) is 54.6 Å². The molecule has 6 heteroatoms. The summed E-state index contributed by atoms with van der Waals surface area (Å²) in [6, 6.07) is 17.3. The maximum absolute atomic E-state index is 6.21. The quantitative estimate of drug-likeness (QED) is 0.587. The minimum absolute atomic E-state index is 0.541. The molecule has 1 aromatic heterocycles. The molecule has 0 aliphatic rings. The fourth-order valence-corrected chi connectivity index (χ4v) is 2.72. The molecule has 0 bridgehead atoms. The normalized spacial score (nSPS) is 10.4. The molecule has 134 valence electrons. The van der Waals surface area contributed by atoms with Crippen molar-refractivity contribution in [3.05, 3.63) is 59.6 Å². The third kappa shape index (κ3) is 4.43. The van der Waals surface area contributed by atoms with Gasteiger partial charge in [-0.15, -0.1) is 0 Å². The summed E-state index contributed by atoms with van der Waals surface area (Å²) in [4.78, 5) is 9.26. The summed E-state index contributed by atoms with van der Waals surface area (Å²) < 4.78 is 5.20. The second kappa shape index (κ2) is 8.54. The number of nitrogens with one attached hydrogen (secondary N) is 2. The monoisotopic (exact) mass is 368 g/mol. The average molecular weight is 369 g/mol. The molecule has 3 aromatic rings. The Labute approximate surface area is 158 Å². The number of rotatable bonds is 7. The van der Waals surface area contributed by atoms with E-state index in [4.69, 9.17) is 16.3 Å². The van der Waals surface area contributed by atoms with Crippen LogP contribution in [-0.2, 0) is 0 Å². The smallest absolute Gasteiger partial charge is 0.163 e. The molecule has 3 rings (SSSR count). The maximum atomic E-state index is 6.21. The molecule has 0 unspecified atom stereocenters. The predicted molar refractivity (Wildman–Crippen MR) is 108 cm³/mol. The van der Waals surface area contributed by atoms with E-state index in [-0.39, 0.29) is 0 Å². The van der Waals surface area contributed by atoms with Gasteiger partial charge in [-0.2, -0.15) is 0 Å². The van der Waals surface area contributed by atoms with Crippen LogP contribution in [0.25, 0.3) is 11.4 Å². The van der Waals surface area contributed by atoms with Gasteiger partial charge in [0.15, 0.2) is 5.82 Å². The Kier molecular flexibility index (Phi) is 5.92. The van der Waals surface area contributed by atoms with E-state index in [1.54, 1.807) is 7.11 Å². The van der Waals surface area contributed by atoms with Crippen molar-refractivity contribution in [3.8, 4) is 17.1 Å². The van der Waals surface area contributed by atoms with E-state index in [1.165, 1.54) is 0 Å². The van der Waals surface area contributed by atoms with Gasteiger partial charge in [-0.05, 0) is 24.6 Å². The van der Waals surface area contributed by atoms with Gasteiger partial charge in [-0.3, -0.25) is 0 Å². The lowest BCUT2D eigenvalue weighted by Gasteiger charge is -2.12. The molecular weight excluding hydrogens is 348 g/mol. The number of anilines is 3. The van der Waals surface area contributed by atoms with E-state index in [9.17, 15) is 0 Å². The molecule has 0 fully saturated rings. The molecule has 0 atom stereocenters. The Morgan fingerprint density at radius 3 is 2.46 bits per heavy atom. The Bertz CT molecular complexity index is 871. The zero-order chi connectivity index (χ0) is 18.4. The van der Waals surface area contributed by atoms with Crippen molar-refractivity contribution in [3.63, 3.8) is 0 Å². The number of nitrogens with zero attached hydrogens (tertiary/aromatic N) is 2. The molecule has 26 heavy (non-hydrogen) atoms. The second-order valence-corrected chi connectivity index (χ2v) is 6.14. The number of hydrogen-bond acceptors (Lipinski definition) is 5. The van der Waals surface area contributed by atoms with Gasteiger partial charge in [0.1, 0.15) is 17.4 Å². The number of hydrogen-bond donors (Lipinski definition) is 2. The van der Waals surface area contributed by atoms with Crippen LogP contribution in [-0.4, -0.2) is 23.6 Å². The third-order valence-corrected chi connectivity index (χ3v) is 4.03. The number of benzene rings is 2. The maximum Gasteiger partial charge on any atom is 0.163 e. The van der Waals surface area contributed by atoms with E-state index < -0.39 is 0 Å². The van der Waals surface area contributed by atoms with Crippen LogP contribution in [0.5, 0.6) is 5.75 Å². The highest BCUT2D eigenvalue weighted by Crippen LogP contribution is 2.29. The van der Waals surface area contributed by atoms with Gasteiger partial charge in [0.25, 0.3) is 0 Å². The summed E-state index contributed by atoms with van der Waals surface area (Å²) >= 11 is 6.21. The molecule has 0 aliphatic heterocycles. The first kappa shape index (κ1) is 18.0. The topological polar surface area (TPSA) is 59.1 Å². The summed E-state index contributed by atoms with van der Waals surface area (Å²) in [7, 11) is 1.59. The van der Waals surface area contributed by atoms with Gasteiger partial charge in [-0.25, -0.2) is 9.97 Å². The van der Waals surface area contributed by atoms with E-state index in [2.05, 4.69) is 27.5 Å². The highest BCUT2D eigenvalue weighted by atomic mass is 35.5. The van der Waals surface area contributed by atoms with Crippen molar-refractivity contribution in [2.24, 2.45) is 0 Å². The van der Waals surface area contributed by atoms with Crippen molar-refractivity contribution in [1.29, 1.82) is 0 Å². The summed E-state index contributed by atoms with van der Waals surface area (Å²) in [6.45, 7) is 2.96. The first-order chi connectivity index (χ1) is 12.7. The zero-order valence-electron chi connectivity index (χ0n) is 14.8. The van der Waals surface area contributed by atoms with E-state index in [0.717, 1.165) is 30.0 Å². The number of halogens is 1. The fourth-order valence-electron chi connectivity index (χ4n) is 2.46. The Hall–Kier alpha value is -2.79. The summed E-state index contributed by atoms with van der Waals surface area (Å²) in [5.41, 5.74) is 1.79. The average Bonchev–Trinajstić information content (AvgIpc) is 2.67. The van der Waals surface area contributed by atoms with Gasteiger partial charge in [0.2, 0.25) is 0 Å². The molecule has 2 aromatic carbocycles. The van der Waals surface area contributed by atoms with Crippen LogP contribution in [0.3, 0.4) is 0 Å². The molecule has 0 saturated heterocycles. The van der Waals surface area contributed by atoms with Crippen LogP contribution in [0.15, 0.2) is 54.6 Å². The molecule has 0 radical (unpaired) electrons. The number of methoxy groups -OCH3 is 1. The van der Waals surface area contributed by atoms with E-state index >= 15 is 0 Å². The lowest BCUT2D eigenvalue weighted by molar-refractivity contribution is 0.415. The summed E-state index contributed by atoms with van der Waals surface area (Å²) in [5, 5.41) is 7.16. The van der Waals surface area contributed by atoms with Crippen LogP contribution in [0.1, 0.15) is 13.3 Å². The lowest BCUT2D eigenvalue weighted by atomic mass is 10.2. The molecule has 5 nitrogen and oxygen atoms in total. The number of ether oxygens (including phenoxy) is 1. The molecule has 0 saturated carbocycles. The molecule has 0 spiro atoms. The van der Waals surface area contributed by atoms with Gasteiger partial charge < -0.3 is 15.4 Å². The van der Waals surface area contributed by atoms with Gasteiger partial charge in [0.05, 0.1) is 12.1 Å². The van der Waals surface area contributed by atoms with Crippen LogP contribution >= 0.6 is 11.6 Å². The second-order valence-electron chi connectivity index (χ2n) is 5.73. The first-order valence-corrected chi connectivity index (χ1v) is 8.86. The zero-order valence-corrected chi connectivity index (χ0v) is 15.5. The highest BCUT2D eigenvalue weighted by molar-refractivity contribution is 6.32. The standard InChI is InChI=1S/C20H21ClN4O/c1-3-11-22-18-13-19(23-15-9-10-17(26-2)16(21)12-15)25-20(24-18)14-7-5-4-6-8-14/h4-10,12-13H,3,11H2,1-2H3,(H2,22,23,24,25). The minimum atomic E-state index is 0.541. The van der Waals surface area contributed by atoms with Crippen molar-refractivity contribution < 1.29 is 4.74 Å². The Morgan fingerprint density at radius 2 is 1.77 bits per heavy atom. The van der Waals surface area contributed by atoms with Crippen molar-refractivity contribution in [2.75, 3.05) is 24.3 Å². The minimum Gasteiger partial charge on any atom is -0.495 e.